The second-order valence-electron chi connectivity index (χ2n) is 7.79. The number of hydrogen-bond acceptors (Lipinski definition) is 6. The number of benzene rings is 2. The van der Waals surface area contributed by atoms with Crippen LogP contribution in [0.5, 0.6) is 0 Å². The van der Waals surface area contributed by atoms with Crippen molar-refractivity contribution in [3.8, 4) is 11.4 Å². The minimum Gasteiger partial charge on any atom is -0.353 e. The van der Waals surface area contributed by atoms with Gasteiger partial charge in [0.1, 0.15) is 5.82 Å². The van der Waals surface area contributed by atoms with E-state index >= 15 is 0 Å². The number of halogens is 1. The molecule has 0 amide bonds. The molecule has 0 bridgehead atoms. The summed E-state index contributed by atoms with van der Waals surface area (Å²) in [6.07, 6.45) is 3.03. The second-order valence-corrected chi connectivity index (χ2v) is 12.6. The van der Waals surface area contributed by atoms with Gasteiger partial charge in [-0.25, -0.2) is 21.8 Å². The molecule has 174 valence electrons. The fraction of sp³-hybridized carbons (Fsp3) is 0.190. The van der Waals surface area contributed by atoms with E-state index in [9.17, 15) is 16.8 Å². The Morgan fingerprint density at radius 3 is 2.39 bits per heavy atom. The van der Waals surface area contributed by atoms with Crippen molar-refractivity contribution in [2.45, 2.75) is 5.75 Å². The molecule has 1 aromatic heterocycles. The first-order valence-corrected chi connectivity index (χ1v) is 14.4. The van der Waals surface area contributed by atoms with Gasteiger partial charge in [-0.15, -0.1) is 0 Å². The van der Waals surface area contributed by atoms with Crippen LogP contribution in [0.3, 0.4) is 0 Å². The van der Waals surface area contributed by atoms with Crippen LogP contribution in [0.15, 0.2) is 52.1 Å². The molecule has 33 heavy (non-hydrogen) atoms. The lowest BCUT2D eigenvalue weighted by atomic mass is 10.1. The maximum atomic E-state index is 12.8. The fourth-order valence-corrected chi connectivity index (χ4v) is 6.06. The van der Waals surface area contributed by atoms with Gasteiger partial charge in [-0.1, -0.05) is 30.3 Å². The van der Waals surface area contributed by atoms with Gasteiger partial charge in [0.25, 0.3) is 0 Å². The lowest BCUT2D eigenvalue weighted by Gasteiger charge is -2.20. The van der Waals surface area contributed by atoms with Crippen LogP contribution >= 0.6 is 22.6 Å². The van der Waals surface area contributed by atoms with Crippen LogP contribution in [0.1, 0.15) is 11.3 Å². The van der Waals surface area contributed by atoms with E-state index in [-0.39, 0.29) is 17.1 Å². The van der Waals surface area contributed by atoms with Gasteiger partial charge in [-0.3, -0.25) is 9.44 Å². The van der Waals surface area contributed by atoms with Crippen LogP contribution in [0.25, 0.3) is 17.5 Å². The molecule has 2 heterocycles. The van der Waals surface area contributed by atoms with Crippen LogP contribution < -0.4 is 14.3 Å². The zero-order valence-electron chi connectivity index (χ0n) is 17.8. The summed E-state index contributed by atoms with van der Waals surface area (Å²) in [5.41, 5.74) is 2.45. The highest BCUT2D eigenvalue weighted by atomic mass is 127. The van der Waals surface area contributed by atoms with E-state index < -0.39 is 20.0 Å². The number of hydrogen-bond donors (Lipinski definition) is 3. The van der Waals surface area contributed by atoms with Gasteiger partial charge in [0.2, 0.25) is 20.0 Å². The third kappa shape index (κ3) is 6.06. The number of anilines is 3. The Kier molecular flexibility index (Phi) is 6.42. The summed E-state index contributed by atoms with van der Waals surface area (Å²) in [6, 6.07) is 13.5. The number of fused-ring (bicyclic) bond motifs is 1. The van der Waals surface area contributed by atoms with E-state index in [2.05, 4.69) is 42.0 Å². The van der Waals surface area contributed by atoms with E-state index in [0.717, 1.165) is 27.9 Å². The van der Waals surface area contributed by atoms with Crippen LogP contribution in [-0.4, -0.2) is 46.7 Å². The predicted octanol–water partition coefficient (Wildman–Crippen LogP) is 3.62. The number of aromatic amines is 1. The van der Waals surface area contributed by atoms with E-state index in [4.69, 9.17) is 0 Å². The van der Waals surface area contributed by atoms with Crippen molar-refractivity contribution in [1.29, 1.82) is 0 Å². The smallest absolute Gasteiger partial charge is 0.236 e. The summed E-state index contributed by atoms with van der Waals surface area (Å²) >= 11 is 2.26. The molecule has 1 aliphatic rings. The van der Waals surface area contributed by atoms with Gasteiger partial charge < -0.3 is 9.88 Å². The summed E-state index contributed by atoms with van der Waals surface area (Å²) in [6.45, 7) is 0.734. The Balaban J connectivity index is 1.72. The van der Waals surface area contributed by atoms with Gasteiger partial charge in [-0.2, -0.15) is 0 Å². The molecule has 0 aliphatic carbocycles. The van der Waals surface area contributed by atoms with Crippen LogP contribution in [-0.2, 0) is 25.8 Å². The second kappa shape index (κ2) is 8.99. The molecule has 0 fully saturated rings. The van der Waals surface area contributed by atoms with Gasteiger partial charge in [0, 0.05) is 22.7 Å². The summed E-state index contributed by atoms with van der Waals surface area (Å²) in [5, 5.41) is 0. The molecule has 0 saturated carbocycles. The van der Waals surface area contributed by atoms with Crippen molar-refractivity contribution in [2.75, 3.05) is 34.2 Å². The van der Waals surface area contributed by atoms with Crippen LogP contribution in [0.4, 0.5) is 17.2 Å². The topological polar surface area (TPSA) is 124 Å². The van der Waals surface area contributed by atoms with Crippen molar-refractivity contribution < 1.29 is 16.8 Å². The molecule has 1 aliphatic heterocycles. The molecule has 3 aromatic rings. The third-order valence-corrected chi connectivity index (χ3v) is 7.26. The van der Waals surface area contributed by atoms with Crippen molar-refractivity contribution in [3.63, 3.8) is 0 Å². The highest BCUT2D eigenvalue weighted by Crippen LogP contribution is 2.33. The number of imidazole rings is 1. The number of H-pyrrole nitrogens is 1. The maximum Gasteiger partial charge on any atom is 0.236 e. The molecule has 0 saturated heterocycles. The summed E-state index contributed by atoms with van der Waals surface area (Å²) in [7, 11) is -5.39. The monoisotopic (exact) mass is 599 g/mol. The first-order chi connectivity index (χ1) is 15.5. The number of nitrogens with zero attached hydrogens (tertiary/aromatic N) is 2. The summed E-state index contributed by atoms with van der Waals surface area (Å²) in [4.78, 5) is 9.89. The van der Waals surface area contributed by atoms with Gasteiger partial charge in [-0.05, 0) is 52.4 Å². The number of nitrogens with one attached hydrogen (secondary N) is 3. The van der Waals surface area contributed by atoms with E-state index in [0.29, 0.717) is 17.0 Å². The lowest BCUT2D eigenvalue weighted by molar-refractivity contribution is 0.600. The largest absolute Gasteiger partial charge is 0.353 e. The lowest BCUT2D eigenvalue weighted by Crippen LogP contribution is -2.22. The SMILES string of the molecule is CN1CC(I)=Cc2[nH]c(-c3cc(NS(C)(=O)=O)cc(NS(=O)(=O)Cc4ccccc4)c3)nc21. The van der Waals surface area contributed by atoms with Crippen molar-refractivity contribution in [1.82, 2.24) is 9.97 Å². The highest BCUT2D eigenvalue weighted by molar-refractivity contribution is 14.1. The highest BCUT2D eigenvalue weighted by Gasteiger charge is 2.20. The molecule has 0 radical (unpaired) electrons. The molecule has 9 nitrogen and oxygen atoms in total. The Morgan fingerprint density at radius 2 is 1.73 bits per heavy atom. The molecule has 12 heteroatoms. The van der Waals surface area contributed by atoms with Crippen molar-refractivity contribution in [2.24, 2.45) is 0 Å². The molecular weight excluding hydrogens is 577 g/mol. The standard InChI is InChI=1S/C21H22IN5O4S2/c1-27-12-16(22)10-19-21(27)24-20(23-19)15-8-17(25-32(2,28)29)11-18(9-15)26-33(30,31)13-14-6-4-3-5-7-14/h3-11,25-26H,12-13H2,1-2H3,(H,23,24). The Labute approximate surface area is 206 Å². The van der Waals surface area contributed by atoms with E-state index in [1.165, 1.54) is 6.07 Å². The minimum absolute atomic E-state index is 0.212. The van der Waals surface area contributed by atoms with Gasteiger partial charge in [0.15, 0.2) is 5.82 Å². The van der Waals surface area contributed by atoms with Gasteiger partial charge >= 0.3 is 0 Å². The molecule has 2 aromatic carbocycles. The molecule has 4 rings (SSSR count). The van der Waals surface area contributed by atoms with Crippen molar-refractivity contribution >= 4 is 65.9 Å². The van der Waals surface area contributed by atoms with Gasteiger partial charge in [0.05, 0.1) is 29.1 Å². The molecular formula is C21H22IN5O4S2. The Morgan fingerprint density at radius 1 is 1.06 bits per heavy atom. The summed E-state index contributed by atoms with van der Waals surface area (Å²) < 4.78 is 55.3. The zero-order valence-corrected chi connectivity index (χ0v) is 21.6. The first kappa shape index (κ1) is 23.6. The average molecular weight is 599 g/mol. The molecule has 0 spiro atoms. The molecule has 0 unspecified atom stereocenters. The Hall–Kier alpha value is -2.58. The predicted molar refractivity (Wildman–Crippen MR) is 140 cm³/mol. The van der Waals surface area contributed by atoms with Crippen LogP contribution in [0.2, 0.25) is 0 Å². The molecule has 3 N–H and O–H groups in total. The number of sulfonamides is 2. The number of likely N-dealkylation sites (N-methyl/N-ethyl adjacent to an activating group) is 1. The first-order valence-electron chi connectivity index (χ1n) is 9.82. The zero-order chi connectivity index (χ0) is 23.8. The average Bonchev–Trinajstić information content (AvgIpc) is 3.11. The van der Waals surface area contributed by atoms with E-state index in [1.807, 2.05) is 24.1 Å². The van der Waals surface area contributed by atoms with Crippen molar-refractivity contribution in [3.05, 3.63) is 63.4 Å². The quantitative estimate of drug-likeness (QED) is 0.357. The summed E-state index contributed by atoms with van der Waals surface area (Å²) in [5.74, 6) is 1.05. The minimum atomic E-state index is -3.74. The number of rotatable bonds is 7. The third-order valence-electron chi connectivity index (χ3n) is 4.74. The maximum absolute atomic E-state index is 12.8. The fourth-order valence-electron chi connectivity index (χ4n) is 3.52. The number of aromatic nitrogens is 2. The Bertz CT molecular complexity index is 1430. The normalized spacial score (nSPS) is 13.9. The van der Waals surface area contributed by atoms with E-state index in [1.54, 1.807) is 36.4 Å². The molecule has 0 atom stereocenters. The van der Waals surface area contributed by atoms with Crippen LogP contribution in [0, 0.1) is 0 Å².